The second-order valence-electron chi connectivity index (χ2n) is 7.45. The van der Waals surface area contributed by atoms with Crippen LogP contribution in [0.15, 0.2) is 54.6 Å². The second kappa shape index (κ2) is 9.87. The fraction of sp³-hybridized carbons (Fsp3) is 0.409. The Hall–Kier alpha value is -1.90. The predicted octanol–water partition coefficient (Wildman–Crippen LogP) is 4.67. The highest BCUT2D eigenvalue weighted by Crippen LogP contribution is 2.40. The number of benzene rings is 2. The normalized spacial score (nSPS) is 15.1. The molecule has 2 aromatic carbocycles. The van der Waals surface area contributed by atoms with Crippen LogP contribution in [-0.4, -0.2) is 23.5 Å². The van der Waals surface area contributed by atoms with E-state index in [-0.39, 0.29) is 5.92 Å². The fourth-order valence-corrected chi connectivity index (χ4v) is 4.27. The van der Waals surface area contributed by atoms with Crippen LogP contribution in [0.3, 0.4) is 0 Å². The average Bonchev–Trinajstić information content (AvgIpc) is 2.66. The summed E-state index contributed by atoms with van der Waals surface area (Å²) in [6, 6.07) is 18.3. The van der Waals surface area contributed by atoms with Crippen molar-refractivity contribution < 1.29 is 19.2 Å². The summed E-state index contributed by atoms with van der Waals surface area (Å²) in [6.07, 6.45) is 1.61. The van der Waals surface area contributed by atoms with Crippen molar-refractivity contribution in [2.24, 2.45) is 11.8 Å². The Bertz CT molecular complexity index is 743. The molecule has 0 fully saturated rings. The quantitative estimate of drug-likeness (QED) is 0.601. The molecule has 1 N–H and O–H groups in total. The van der Waals surface area contributed by atoms with Gasteiger partial charge in [-0.25, -0.2) is 0 Å². The number of aliphatic carboxylic acids is 1. The molecule has 0 heterocycles. The minimum Gasteiger partial charge on any atom is -0.481 e. The van der Waals surface area contributed by atoms with Crippen LogP contribution in [0.2, 0.25) is 0 Å². The van der Waals surface area contributed by atoms with Crippen LogP contribution in [0.5, 0.6) is 0 Å². The van der Waals surface area contributed by atoms with E-state index in [1.165, 1.54) is 18.2 Å². The Morgan fingerprint density at radius 1 is 1.04 bits per heavy atom. The maximum atomic E-state index is 12.1. The van der Waals surface area contributed by atoms with Gasteiger partial charge in [0.05, 0.1) is 14.4 Å². The third kappa shape index (κ3) is 5.79. The van der Waals surface area contributed by atoms with Gasteiger partial charge in [-0.1, -0.05) is 68.4 Å². The van der Waals surface area contributed by atoms with Crippen molar-refractivity contribution in [3.63, 3.8) is 0 Å². The third-order valence-electron chi connectivity index (χ3n) is 4.93. The predicted molar refractivity (Wildman–Crippen MR) is 110 cm³/mol. The summed E-state index contributed by atoms with van der Waals surface area (Å²) in [5.41, 5.74) is 3.36. The van der Waals surface area contributed by atoms with Gasteiger partial charge in [0.1, 0.15) is 5.34 Å². The molecule has 0 aliphatic carbocycles. The van der Waals surface area contributed by atoms with Crippen LogP contribution in [-0.2, 0) is 26.9 Å². The molecule has 0 bridgehead atoms. The minimum atomic E-state index is -1.41. The van der Waals surface area contributed by atoms with E-state index in [0.29, 0.717) is 12.8 Å². The molecule has 0 aliphatic heterocycles. The lowest BCUT2D eigenvalue weighted by Crippen LogP contribution is -2.42. The molecule has 3 unspecified atom stereocenters. The molecule has 5 heteroatoms. The van der Waals surface area contributed by atoms with Gasteiger partial charge in [0, 0.05) is 13.5 Å². The van der Waals surface area contributed by atoms with E-state index < -0.39 is 25.7 Å². The SMILES string of the molecule is COC(Cc1ccc(Cc2ccccc2)cc1)([PH2]=O)C(CC(C)C)C(=O)O. The molecule has 0 spiro atoms. The molecular formula is C22H29O4P. The van der Waals surface area contributed by atoms with Gasteiger partial charge < -0.3 is 14.4 Å². The lowest BCUT2D eigenvalue weighted by molar-refractivity contribution is -0.149. The van der Waals surface area contributed by atoms with Crippen LogP contribution in [0.1, 0.15) is 37.0 Å². The van der Waals surface area contributed by atoms with E-state index in [0.717, 1.165) is 12.0 Å². The Labute approximate surface area is 162 Å². The number of methoxy groups -OCH3 is 1. The summed E-state index contributed by atoms with van der Waals surface area (Å²) in [6.45, 7) is 3.93. The first-order chi connectivity index (χ1) is 12.9. The number of hydrogen-bond donors (Lipinski definition) is 1. The van der Waals surface area contributed by atoms with Crippen molar-refractivity contribution in [1.82, 2.24) is 0 Å². The zero-order chi connectivity index (χ0) is 19.9. The Kier molecular flexibility index (Phi) is 7.82. The van der Waals surface area contributed by atoms with Gasteiger partial charge in [0.15, 0.2) is 0 Å². The lowest BCUT2D eigenvalue weighted by Gasteiger charge is -2.34. The summed E-state index contributed by atoms with van der Waals surface area (Å²) in [5.74, 6) is -1.56. The van der Waals surface area contributed by atoms with Gasteiger partial charge in [-0.2, -0.15) is 0 Å². The highest BCUT2D eigenvalue weighted by molar-refractivity contribution is 7.25. The smallest absolute Gasteiger partial charge is 0.309 e. The van der Waals surface area contributed by atoms with Gasteiger partial charge in [-0.15, -0.1) is 0 Å². The molecule has 0 aliphatic rings. The average molecular weight is 388 g/mol. The van der Waals surface area contributed by atoms with E-state index in [4.69, 9.17) is 4.74 Å². The van der Waals surface area contributed by atoms with Crippen molar-refractivity contribution in [2.75, 3.05) is 7.11 Å². The Morgan fingerprint density at radius 3 is 2.07 bits per heavy atom. The molecule has 2 aromatic rings. The molecule has 0 saturated carbocycles. The van der Waals surface area contributed by atoms with Crippen LogP contribution >= 0.6 is 8.46 Å². The van der Waals surface area contributed by atoms with Crippen LogP contribution in [0.25, 0.3) is 0 Å². The minimum absolute atomic E-state index is 0.180. The first kappa shape index (κ1) is 21.4. The molecule has 0 aromatic heterocycles. The van der Waals surface area contributed by atoms with E-state index in [9.17, 15) is 14.5 Å². The first-order valence-electron chi connectivity index (χ1n) is 9.26. The standard InChI is InChI=1S/C22H29O4P/c1-16(2)13-20(21(23)24)22(26-3,27-25)15-19-11-9-18(10-12-19)14-17-7-5-4-6-8-17/h4-12,16,20H,13-15,27H2,1-3H3,(H,23,24). The molecular weight excluding hydrogens is 359 g/mol. The number of carboxylic acids is 1. The maximum absolute atomic E-state index is 12.1. The topological polar surface area (TPSA) is 63.6 Å². The van der Waals surface area contributed by atoms with Crippen molar-refractivity contribution in [3.05, 3.63) is 71.3 Å². The molecule has 3 atom stereocenters. The summed E-state index contributed by atoms with van der Waals surface area (Å²) in [7, 11) is 0.0501. The maximum Gasteiger partial charge on any atom is 0.309 e. The molecule has 27 heavy (non-hydrogen) atoms. The van der Waals surface area contributed by atoms with Gasteiger partial charge in [0.25, 0.3) is 0 Å². The van der Waals surface area contributed by atoms with Gasteiger partial charge in [-0.05, 0) is 35.4 Å². The zero-order valence-electron chi connectivity index (χ0n) is 16.2. The molecule has 2 rings (SSSR count). The van der Waals surface area contributed by atoms with Crippen LogP contribution in [0.4, 0.5) is 0 Å². The van der Waals surface area contributed by atoms with Crippen molar-refractivity contribution in [1.29, 1.82) is 0 Å². The van der Waals surface area contributed by atoms with Gasteiger partial charge in [0.2, 0.25) is 0 Å². The number of rotatable bonds is 10. The third-order valence-corrected chi connectivity index (χ3v) is 6.17. The Balaban J connectivity index is 2.20. The second-order valence-corrected chi connectivity index (χ2v) is 8.67. The van der Waals surface area contributed by atoms with E-state index in [1.54, 1.807) is 0 Å². The highest BCUT2D eigenvalue weighted by atomic mass is 31.1. The first-order valence-corrected chi connectivity index (χ1v) is 10.3. The molecule has 0 saturated heterocycles. The van der Waals surface area contributed by atoms with E-state index in [2.05, 4.69) is 12.1 Å². The zero-order valence-corrected chi connectivity index (χ0v) is 17.4. The highest BCUT2D eigenvalue weighted by Gasteiger charge is 2.43. The van der Waals surface area contributed by atoms with Crippen molar-refractivity contribution >= 4 is 14.4 Å². The molecule has 4 nitrogen and oxygen atoms in total. The molecule has 0 amide bonds. The monoisotopic (exact) mass is 388 g/mol. The molecule has 0 radical (unpaired) electrons. The molecule has 146 valence electrons. The van der Waals surface area contributed by atoms with Crippen molar-refractivity contribution in [3.8, 4) is 0 Å². The fourth-order valence-electron chi connectivity index (χ4n) is 3.42. The number of hydrogen-bond acceptors (Lipinski definition) is 3. The van der Waals surface area contributed by atoms with Crippen molar-refractivity contribution in [2.45, 2.75) is 38.5 Å². The Morgan fingerprint density at radius 2 is 1.59 bits per heavy atom. The lowest BCUT2D eigenvalue weighted by atomic mass is 9.87. The summed E-state index contributed by atoms with van der Waals surface area (Å²) in [5, 5.41) is 8.54. The summed E-state index contributed by atoms with van der Waals surface area (Å²) >= 11 is 0. The number of carboxylic acid groups (broad SMARTS) is 1. The largest absolute Gasteiger partial charge is 0.481 e. The van der Waals surface area contributed by atoms with E-state index in [1.807, 2.05) is 56.3 Å². The summed E-state index contributed by atoms with van der Waals surface area (Å²) < 4.78 is 17.7. The number of carbonyl (C=O) groups is 1. The van der Waals surface area contributed by atoms with Gasteiger partial charge in [-0.3, -0.25) is 4.79 Å². The van der Waals surface area contributed by atoms with Gasteiger partial charge >= 0.3 is 5.97 Å². The van der Waals surface area contributed by atoms with E-state index >= 15 is 0 Å². The number of ether oxygens (including phenoxy) is 1. The van der Waals surface area contributed by atoms with Crippen LogP contribution in [0, 0.1) is 11.8 Å². The van der Waals surface area contributed by atoms with Crippen LogP contribution < -0.4 is 0 Å². The summed E-state index contributed by atoms with van der Waals surface area (Å²) in [4.78, 5) is 11.8.